The molecule has 1 aliphatic heterocycles. The molecule has 3 rings (SSSR count). The minimum absolute atomic E-state index is 0.0000203. The minimum Gasteiger partial charge on any atom is -0.462 e. The van der Waals surface area contributed by atoms with Crippen LogP contribution in [-0.2, 0) is 23.9 Å². The van der Waals surface area contributed by atoms with Crippen LogP contribution in [0, 0.1) is 20.2 Å². The molecule has 15 heteroatoms. The predicted molar refractivity (Wildman–Crippen MR) is 132 cm³/mol. The Balaban J connectivity index is 1.66. The number of carbonyl (C=O) groups is 3. The molecule has 1 amide bonds. The van der Waals surface area contributed by atoms with Crippen molar-refractivity contribution in [3.8, 4) is 0 Å². The predicted octanol–water partition coefficient (Wildman–Crippen LogP) is 2.08. The number of pyridine rings is 1. The molecule has 0 unspecified atom stereocenters. The van der Waals surface area contributed by atoms with Crippen molar-refractivity contribution in [3.63, 3.8) is 0 Å². The van der Waals surface area contributed by atoms with Gasteiger partial charge in [0, 0.05) is 43.6 Å². The van der Waals surface area contributed by atoms with E-state index in [9.17, 15) is 34.6 Å². The maximum atomic E-state index is 12.8. The fourth-order valence-corrected chi connectivity index (χ4v) is 3.28. The van der Waals surface area contributed by atoms with E-state index in [-0.39, 0.29) is 61.7 Å². The number of nitrogens with zero attached hydrogens (tertiary/aromatic N) is 4. The van der Waals surface area contributed by atoms with E-state index in [1.807, 2.05) is 0 Å². The van der Waals surface area contributed by atoms with E-state index in [1.54, 1.807) is 18.2 Å². The lowest BCUT2D eigenvalue weighted by Crippen LogP contribution is -2.29. The first-order valence-corrected chi connectivity index (χ1v) is 11.5. The van der Waals surface area contributed by atoms with Crippen LogP contribution in [0.15, 0.2) is 72.2 Å². The number of nitrogens with one attached hydrogen (secondary N) is 1. The Bertz CT molecular complexity index is 1300. The van der Waals surface area contributed by atoms with Crippen LogP contribution in [0.5, 0.6) is 0 Å². The maximum Gasteiger partial charge on any atom is 0.335 e. The molecule has 0 atom stereocenters. The van der Waals surface area contributed by atoms with Crippen molar-refractivity contribution in [1.29, 1.82) is 0 Å². The second-order valence-corrected chi connectivity index (χ2v) is 7.82. The minimum atomic E-state index is -0.963. The SMILES string of the molecule is O=C(OCCCO[N+](=O)[O-])C1=CN(c2cccc([N+](=O)[O-])c2)C=C(C(=O)OCCNC(=O)c2ccccn2)C1. The average Bonchev–Trinajstić information content (AvgIpc) is 2.94. The lowest BCUT2D eigenvalue weighted by Gasteiger charge is -2.24. The van der Waals surface area contributed by atoms with Crippen molar-refractivity contribution in [2.75, 3.05) is 31.3 Å². The van der Waals surface area contributed by atoms with Crippen LogP contribution in [0.25, 0.3) is 0 Å². The molecule has 39 heavy (non-hydrogen) atoms. The monoisotopic (exact) mass is 541 g/mol. The topological polar surface area (TPSA) is 193 Å². The van der Waals surface area contributed by atoms with Crippen molar-refractivity contribution in [1.82, 2.24) is 10.3 Å². The Morgan fingerprint density at radius 2 is 1.67 bits per heavy atom. The summed E-state index contributed by atoms with van der Waals surface area (Å²) in [6.45, 7) is -0.626. The van der Waals surface area contributed by atoms with Gasteiger partial charge in [-0.05, 0) is 18.2 Å². The molecule has 0 saturated heterocycles. The smallest absolute Gasteiger partial charge is 0.335 e. The van der Waals surface area contributed by atoms with Gasteiger partial charge in [-0.1, -0.05) is 12.1 Å². The first kappa shape index (κ1) is 28.2. The summed E-state index contributed by atoms with van der Waals surface area (Å²) in [5.74, 6) is -2.03. The van der Waals surface area contributed by atoms with Crippen LogP contribution in [0.4, 0.5) is 11.4 Å². The molecule has 1 aliphatic rings. The Labute approximate surface area is 220 Å². The largest absolute Gasteiger partial charge is 0.462 e. The number of hydrogen-bond acceptors (Lipinski definition) is 12. The summed E-state index contributed by atoms with van der Waals surface area (Å²) in [5, 5.41) is 23.0. The molecule has 2 aromatic rings. The van der Waals surface area contributed by atoms with Gasteiger partial charge in [0.05, 0.1) is 41.5 Å². The van der Waals surface area contributed by atoms with E-state index in [2.05, 4.69) is 15.1 Å². The highest BCUT2D eigenvalue weighted by molar-refractivity contribution is 5.97. The van der Waals surface area contributed by atoms with Crippen LogP contribution in [0.2, 0.25) is 0 Å². The third-order valence-corrected chi connectivity index (χ3v) is 5.07. The maximum absolute atomic E-state index is 12.8. The Hall–Kier alpha value is -5.34. The molecule has 1 aromatic heterocycles. The number of amides is 1. The van der Waals surface area contributed by atoms with Gasteiger partial charge in [0.1, 0.15) is 12.3 Å². The number of hydrogen-bond donors (Lipinski definition) is 1. The van der Waals surface area contributed by atoms with Gasteiger partial charge in [-0.15, -0.1) is 10.1 Å². The van der Waals surface area contributed by atoms with Gasteiger partial charge in [0.15, 0.2) is 0 Å². The van der Waals surface area contributed by atoms with Crippen molar-refractivity contribution >= 4 is 29.2 Å². The lowest BCUT2D eigenvalue weighted by molar-refractivity contribution is -0.757. The van der Waals surface area contributed by atoms with E-state index in [0.29, 0.717) is 5.69 Å². The Morgan fingerprint density at radius 3 is 2.31 bits per heavy atom. The van der Waals surface area contributed by atoms with Crippen LogP contribution in [0.3, 0.4) is 0 Å². The summed E-state index contributed by atoms with van der Waals surface area (Å²) in [6.07, 6.45) is 4.08. The van der Waals surface area contributed by atoms with Gasteiger partial charge >= 0.3 is 11.9 Å². The molecular weight excluding hydrogens is 518 g/mol. The fourth-order valence-electron chi connectivity index (χ4n) is 3.28. The zero-order chi connectivity index (χ0) is 28.2. The van der Waals surface area contributed by atoms with E-state index in [4.69, 9.17) is 9.47 Å². The highest BCUT2D eigenvalue weighted by Crippen LogP contribution is 2.28. The van der Waals surface area contributed by atoms with E-state index in [0.717, 1.165) is 0 Å². The molecule has 1 aromatic carbocycles. The lowest BCUT2D eigenvalue weighted by atomic mass is 10.0. The zero-order valence-electron chi connectivity index (χ0n) is 20.4. The summed E-state index contributed by atoms with van der Waals surface area (Å²) < 4.78 is 10.4. The number of nitro groups is 1. The van der Waals surface area contributed by atoms with Crippen LogP contribution in [0.1, 0.15) is 23.3 Å². The number of ether oxygens (including phenoxy) is 2. The fraction of sp³-hybridized carbons (Fsp3) is 0.250. The molecule has 1 N–H and O–H groups in total. The number of aromatic nitrogens is 1. The van der Waals surface area contributed by atoms with Crippen molar-refractivity contribution in [2.45, 2.75) is 12.8 Å². The second kappa shape index (κ2) is 13.8. The standard InChI is InChI=1S/C24H23N5O10/c30-22(21-7-1-2-8-25-21)26-9-12-38-24(32)18-13-17(23(31)37-10-4-11-39-29(35)36)15-27(16-18)19-5-3-6-20(14-19)28(33)34/h1-3,5-8,14-16H,4,9-13H2,(H,26,30). The summed E-state index contributed by atoms with van der Waals surface area (Å²) in [4.78, 5) is 67.8. The zero-order valence-corrected chi connectivity index (χ0v) is 20.4. The summed E-state index contributed by atoms with van der Waals surface area (Å²) >= 11 is 0. The van der Waals surface area contributed by atoms with Crippen molar-refractivity contribution in [2.24, 2.45) is 0 Å². The number of non-ortho nitro benzene ring substituents is 1. The first-order valence-electron chi connectivity index (χ1n) is 11.5. The summed E-state index contributed by atoms with van der Waals surface area (Å²) in [5.41, 5.74) is 0.368. The third-order valence-electron chi connectivity index (χ3n) is 5.07. The molecule has 0 bridgehead atoms. The number of esters is 2. The highest BCUT2D eigenvalue weighted by Gasteiger charge is 2.25. The van der Waals surface area contributed by atoms with Crippen molar-refractivity contribution in [3.05, 3.63) is 98.1 Å². The number of anilines is 1. The van der Waals surface area contributed by atoms with Gasteiger partial charge in [0.2, 0.25) is 0 Å². The molecule has 0 saturated carbocycles. The van der Waals surface area contributed by atoms with Crippen LogP contribution < -0.4 is 10.2 Å². The number of nitro benzene ring substituents is 1. The van der Waals surface area contributed by atoms with Gasteiger partial charge in [-0.25, -0.2) is 9.59 Å². The van der Waals surface area contributed by atoms with Gasteiger partial charge in [-0.2, -0.15) is 0 Å². The summed E-state index contributed by atoms with van der Waals surface area (Å²) in [7, 11) is 0. The quantitative estimate of drug-likeness (QED) is 0.168. The third kappa shape index (κ3) is 8.63. The molecule has 0 fully saturated rings. The molecule has 0 aliphatic carbocycles. The highest BCUT2D eigenvalue weighted by atomic mass is 16.9. The molecule has 15 nitrogen and oxygen atoms in total. The molecule has 0 spiro atoms. The van der Waals surface area contributed by atoms with E-state index < -0.39 is 27.9 Å². The van der Waals surface area contributed by atoms with E-state index in [1.165, 1.54) is 47.8 Å². The first-order chi connectivity index (χ1) is 18.7. The van der Waals surface area contributed by atoms with Crippen LogP contribution >= 0.6 is 0 Å². The normalized spacial score (nSPS) is 12.5. The van der Waals surface area contributed by atoms with Gasteiger partial charge < -0.3 is 24.5 Å². The Kier molecular flexibility index (Phi) is 10.0. The number of benzene rings is 1. The summed E-state index contributed by atoms with van der Waals surface area (Å²) in [6, 6.07) is 10.4. The van der Waals surface area contributed by atoms with Gasteiger partial charge in [0.25, 0.3) is 16.7 Å². The molecule has 0 radical (unpaired) electrons. The van der Waals surface area contributed by atoms with Gasteiger partial charge in [-0.3, -0.25) is 19.9 Å². The number of carbonyl (C=O) groups excluding carboxylic acids is 3. The average molecular weight is 541 g/mol. The molecule has 2 heterocycles. The Morgan fingerprint density at radius 1 is 0.949 bits per heavy atom. The van der Waals surface area contributed by atoms with Crippen molar-refractivity contribution < 1.29 is 38.7 Å². The van der Waals surface area contributed by atoms with E-state index >= 15 is 0 Å². The van der Waals surface area contributed by atoms with Crippen LogP contribution in [-0.4, -0.2) is 59.2 Å². The molecule has 204 valence electrons. The number of rotatable bonds is 13. The molecular formula is C24H23N5O10. The second-order valence-electron chi connectivity index (χ2n) is 7.82.